The molecule has 2 aliphatic rings. The highest BCUT2D eigenvalue weighted by Crippen LogP contribution is 2.18. The monoisotopic (exact) mass is 255 g/mol. The second-order valence-corrected chi connectivity index (χ2v) is 5.29. The molecule has 0 aliphatic carbocycles. The average molecular weight is 255 g/mol. The molecule has 2 aliphatic heterocycles. The lowest BCUT2D eigenvalue weighted by atomic mass is 10.00. The molecule has 5 heteroatoms. The molecule has 18 heavy (non-hydrogen) atoms. The molecule has 0 aromatic rings. The molecule has 1 amide bonds. The highest BCUT2D eigenvalue weighted by molar-refractivity contribution is 5.68. The van der Waals surface area contributed by atoms with Gasteiger partial charge in [0.15, 0.2) is 0 Å². The highest BCUT2D eigenvalue weighted by Gasteiger charge is 2.32. The maximum atomic E-state index is 11.6. The highest BCUT2D eigenvalue weighted by atomic mass is 16.6. The number of unbranched alkanes of at least 4 members (excludes halogenated alkanes) is 1. The zero-order chi connectivity index (χ0) is 12.8. The minimum Gasteiger partial charge on any atom is -0.449 e. The number of carbonyl (C=O) groups is 1. The molecule has 0 spiro atoms. The van der Waals surface area contributed by atoms with Crippen LogP contribution in [0.2, 0.25) is 0 Å². The van der Waals surface area contributed by atoms with Crippen molar-refractivity contribution in [3.8, 4) is 0 Å². The van der Waals surface area contributed by atoms with Crippen molar-refractivity contribution in [1.82, 2.24) is 15.1 Å². The van der Waals surface area contributed by atoms with Crippen molar-refractivity contribution in [3.05, 3.63) is 0 Å². The zero-order valence-electron chi connectivity index (χ0n) is 11.4. The van der Waals surface area contributed by atoms with Gasteiger partial charge in [-0.05, 0) is 6.42 Å². The van der Waals surface area contributed by atoms with Gasteiger partial charge in [-0.1, -0.05) is 13.3 Å². The molecule has 0 bridgehead atoms. The van der Waals surface area contributed by atoms with Gasteiger partial charge in [-0.2, -0.15) is 0 Å². The Bertz CT molecular complexity index is 261. The minimum absolute atomic E-state index is 0.125. The van der Waals surface area contributed by atoms with E-state index in [4.69, 9.17) is 4.74 Å². The SMILES string of the molecule is CCCCOC(=O)N1CC(CN2CCNCC2)C1. The molecule has 5 nitrogen and oxygen atoms in total. The van der Waals surface area contributed by atoms with Crippen LogP contribution in [0.15, 0.2) is 0 Å². The van der Waals surface area contributed by atoms with Crippen LogP contribution in [0.3, 0.4) is 0 Å². The molecule has 104 valence electrons. The van der Waals surface area contributed by atoms with Crippen LogP contribution in [0.25, 0.3) is 0 Å². The van der Waals surface area contributed by atoms with E-state index in [1.807, 2.05) is 4.90 Å². The van der Waals surface area contributed by atoms with E-state index < -0.39 is 0 Å². The van der Waals surface area contributed by atoms with Gasteiger partial charge >= 0.3 is 6.09 Å². The van der Waals surface area contributed by atoms with Crippen LogP contribution in [0.5, 0.6) is 0 Å². The predicted molar refractivity (Wildman–Crippen MR) is 70.6 cm³/mol. The summed E-state index contributed by atoms with van der Waals surface area (Å²) in [6.07, 6.45) is 1.91. The summed E-state index contributed by atoms with van der Waals surface area (Å²) in [5.74, 6) is 0.641. The van der Waals surface area contributed by atoms with E-state index in [-0.39, 0.29) is 6.09 Å². The number of hydrogen-bond acceptors (Lipinski definition) is 4. The first-order valence-electron chi connectivity index (χ1n) is 7.14. The number of piperazine rings is 1. The normalized spacial score (nSPS) is 21.7. The van der Waals surface area contributed by atoms with Gasteiger partial charge in [-0.3, -0.25) is 0 Å². The molecule has 2 fully saturated rings. The van der Waals surface area contributed by atoms with Crippen LogP contribution in [0.4, 0.5) is 4.79 Å². The van der Waals surface area contributed by atoms with Gasteiger partial charge in [-0.15, -0.1) is 0 Å². The first-order chi connectivity index (χ1) is 8.79. The summed E-state index contributed by atoms with van der Waals surface area (Å²) in [6.45, 7) is 9.99. The van der Waals surface area contributed by atoms with E-state index in [2.05, 4.69) is 17.1 Å². The average Bonchev–Trinajstić information content (AvgIpc) is 2.34. The molecular weight excluding hydrogens is 230 g/mol. The Labute approximate surface area is 109 Å². The van der Waals surface area contributed by atoms with Gasteiger partial charge in [0, 0.05) is 51.7 Å². The molecule has 2 rings (SSSR count). The fourth-order valence-electron chi connectivity index (χ4n) is 2.49. The van der Waals surface area contributed by atoms with Gasteiger partial charge in [0.1, 0.15) is 0 Å². The number of nitrogens with zero attached hydrogens (tertiary/aromatic N) is 2. The molecule has 2 saturated heterocycles. The maximum Gasteiger partial charge on any atom is 0.409 e. The van der Waals surface area contributed by atoms with Crippen molar-refractivity contribution in [3.63, 3.8) is 0 Å². The molecule has 0 unspecified atom stereocenters. The second kappa shape index (κ2) is 6.95. The molecule has 0 aromatic heterocycles. The number of rotatable bonds is 5. The first-order valence-corrected chi connectivity index (χ1v) is 7.14. The maximum absolute atomic E-state index is 11.6. The summed E-state index contributed by atoms with van der Waals surface area (Å²) < 4.78 is 5.19. The van der Waals surface area contributed by atoms with Crippen molar-refractivity contribution in [2.45, 2.75) is 19.8 Å². The Morgan fingerprint density at radius 2 is 2.06 bits per heavy atom. The zero-order valence-corrected chi connectivity index (χ0v) is 11.4. The quantitative estimate of drug-likeness (QED) is 0.737. The van der Waals surface area contributed by atoms with Gasteiger partial charge in [-0.25, -0.2) is 4.79 Å². The summed E-state index contributed by atoms with van der Waals surface area (Å²) in [6, 6.07) is 0. The first kappa shape index (κ1) is 13.6. The Morgan fingerprint density at radius 1 is 1.33 bits per heavy atom. The third-order valence-electron chi connectivity index (χ3n) is 3.66. The Morgan fingerprint density at radius 3 is 2.72 bits per heavy atom. The van der Waals surface area contributed by atoms with E-state index in [0.29, 0.717) is 12.5 Å². The van der Waals surface area contributed by atoms with E-state index in [1.165, 1.54) is 0 Å². The lowest BCUT2D eigenvalue weighted by Gasteiger charge is -2.41. The van der Waals surface area contributed by atoms with Gasteiger partial charge in [0.05, 0.1) is 6.61 Å². The molecular formula is C13H25N3O2. The number of hydrogen-bond donors (Lipinski definition) is 1. The van der Waals surface area contributed by atoms with Crippen molar-refractivity contribution in [1.29, 1.82) is 0 Å². The van der Waals surface area contributed by atoms with Crippen LogP contribution in [-0.2, 0) is 4.74 Å². The van der Waals surface area contributed by atoms with Crippen LogP contribution in [0, 0.1) is 5.92 Å². The Balaban J connectivity index is 1.56. The van der Waals surface area contributed by atoms with Gasteiger partial charge in [0.2, 0.25) is 0 Å². The van der Waals surface area contributed by atoms with Crippen LogP contribution >= 0.6 is 0 Å². The Kier molecular flexibility index (Phi) is 5.26. The smallest absolute Gasteiger partial charge is 0.409 e. The number of nitrogens with one attached hydrogen (secondary N) is 1. The van der Waals surface area contributed by atoms with Gasteiger partial charge in [0.25, 0.3) is 0 Å². The number of amides is 1. The number of ether oxygens (including phenoxy) is 1. The van der Waals surface area contributed by atoms with Crippen molar-refractivity contribution in [2.24, 2.45) is 5.92 Å². The summed E-state index contributed by atoms with van der Waals surface area (Å²) in [4.78, 5) is 15.9. The molecule has 0 atom stereocenters. The fourth-order valence-corrected chi connectivity index (χ4v) is 2.49. The molecule has 0 radical (unpaired) electrons. The van der Waals surface area contributed by atoms with Crippen molar-refractivity contribution >= 4 is 6.09 Å². The van der Waals surface area contributed by atoms with Crippen LogP contribution in [-0.4, -0.2) is 68.3 Å². The molecule has 1 N–H and O–H groups in total. The Hall–Kier alpha value is -0.810. The summed E-state index contributed by atoms with van der Waals surface area (Å²) in [7, 11) is 0. The second-order valence-electron chi connectivity index (χ2n) is 5.29. The topological polar surface area (TPSA) is 44.8 Å². The van der Waals surface area contributed by atoms with Crippen molar-refractivity contribution < 1.29 is 9.53 Å². The minimum atomic E-state index is -0.125. The van der Waals surface area contributed by atoms with Gasteiger partial charge < -0.3 is 19.9 Å². The summed E-state index contributed by atoms with van der Waals surface area (Å²) >= 11 is 0. The largest absolute Gasteiger partial charge is 0.449 e. The molecule has 2 heterocycles. The molecule has 0 saturated carbocycles. The standard InChI is InChI=1S/C13H25N3O2/c1-2-3-8-18-13(17)16-10-12(11-16)9-15-6-4-14-5-7-15/h12,14H,2-11H2,1H3. The van der Waals surface area contributed by atoms with Crippen LogP contribution in [0.1, 0.15) is 19.8 Å². The van der Waals surface area contributed by atoms with E-state index in [1.54, 1.807) is 0 Å². The third kappa shape index (κ3) is 3.85. The predicted octanol–water partition coefficient (Wildman–Crippen LogP) is 0.760. The van der Waals surface area contributed by atoms with Crippen molar-refractivity contribution in [2.75, 3.05) is 52.4 Å². The number of likely N-dealkylation sites (tertiary alicyclic amines) is 1. The van der Waals surface area contributed by atoms with E-state index >= 15 is 0 Å². The fraction of sp³-hybridized carbons (Fsp3) is 0.923. The van der Waals surface area contributed by atoms with E-state index in [0.717, 1.165) is 58.7 Å². The number of carbonyl (C=O) groups excluding carboxylic acids is 1. The molecule has 0 aromatic carbocycles. The summed E-state index contributed by atoms with van der Waals surface area (Å²) in [5, 5.41) is 3.35. The third-order valence-corrected chi connectivity index (χ3v) is 3.66. The van der Waals surface area contributed by atoms with Crippen LogP contribution < -0.4 is 5.32 Å². The lowest BCUT2D eigenvalue weighted by Crippen LogP contribution is -2.56. The summed E-state index contributed by atoms with van der Waals surface area (Å²) in [5.41, 5.74) is 0. The lowest BCUT2D eigenvalue weighted by molar-refractivity contribution is 0.0385. The van der Waals surface area contributed by atoms with E-state index in [9.17, 15) is 4.79 Å².